The van der Waals surface area contributed by atoms with Crippen LogP contribution in [0.15, 0.2) is 89.8 Å². The van der Waals surface area contributed by atoms with Gasteiger partial charge in [0, 0.05) is 16.9 Å². The largest absolute Gasteiger partial charge is 0.480 e. The quantitative estimate of drug-likeness (QED) is 0.224. The number of allylic oxidation sites excluding steroid dienone is 1. The zero-order chi connectivity index (χ0) is 24.8. The fourth-order valence-electron chi connectivity index (χ4n) is 3.79. The second kappa shape index (κ2) is 11.3. The zero-order valence-corrected chi connectivity index (χ0v) is 20.9. The minimum absolute atomic E-state index is 0.0318. The molecule has 0 aromatic heterocycles. The van der Waals surface area contributed by atoms with Gasteiger partial charge in [0.05, 0.1) is 6.54 Å². The fraction of sp³-hybridized carbons (Fsp3) is 0.138. The molecular formula is C29H25NO3S2. The molecule has 1 saturated heterocycles. The van der Waals surface area contributed by atoms with E-state index in [2.05, 4.69) is 0 Å². The minimum atomic E-state index is -0.880. The lowest BCUT2D eigenvalue weighted by atomic mass is 10.0. The molecule has 35 heavy (non-hydrogen) atoms. The molecule has 1 aliphatic heterocycles. The number of ketones is 1. The van der Waals surface area contributed by atoms with Gasteiger partial charge in [-0.15, -0.1) is 0 Å². The first-order chi connectivity index (χ1) is 16.9. The SMILES string of the molecule is Cc1ccc(C(=O)/C=C/c2ccc(/C=C3/CN([C@@H](Cc4ccccc4)C(=O)O)C(=S)S3)cc2)cc1. The maximum Gasteiger partial charge on any atom is 0.326 e. The van der Waals surface area contributed by atoms with Crippen LogP contribution in [0.3, 0.4) is 0 Å². The number of aliphatic carboxylic acids is 1. The topological polar surface area (TPSA) is 57.6 Å². The van der Waals surface area contributed by atoms with Crippen LogP contribution in [-0.4, -0.2) is 38.7 Å². The molecule has 176 valence electrons. The maximum absolute atomic E-state index is 12.3. The summed E-state index contributed by atoms with van der Waals surface area (Å²) in [5.41, 5.74) is 4.68. The molecule has 0 bridgehead atoms. The first kappa shape index (κ1) is 24.6. The van der Waals surface area contributed by atoms with E-state index in [1.165, 1.54) is 11.8 Å². The highest BCUT2D eigenvalue weighted by molar-refractivity contribution is 8.25. The molecule has 0 unspecified atom stereocenters. The van der Waals surface area contributed by atoms with Gasteiger partial charge in [0.1, 0.15) is 10.4 Å². The molecule has 4 rings (SSSR count). The number of hydrogen-bond acceptors (Lipinski definition) is 4. The molecule has 3 aromatic rings. The summed E-state index contributed by atoms with van der Waals surface area (Å²) in [5, 5.41) is 9.83. The van der Waals surface area contributed by atoms with E-state index >= 15 is 0 Å². The molecule has 0 amide bonds. The smallest absolute Gasteiger partial charge is 0.326 e. The van der Waals surface area contributed by atoms with E-state index in [1.807, 2.05) is 91.9 Å². The van der Waals surface area contributed by atoms with E-state index in [0.717, 1.165) is 27.2 Å². The maximum atomic E-state index is 12.3. The molecule has 1 heterocycles. The molecule has 1 atom stereocenters. The van der Waals surface area contributed by atoms with E-state index in [0.29, 0.717) is 22.8 Å². The van der Waals surface area contributed by atoms with Gasteiger partial charge in [-0.05, 0) is 35.8 Å². The Morgan fingerprint density at radius 3 is 2.31 bits per heavy atom. The molecule has 6 heteroatoms. The molecule has 1 aliphatic rings. The summed E-state index contributed by atoms with van der Waals surface area (Å²) in [7, 11) is 0. The molecule has 1 fully saturated rings. The Labute approximate surface area is 215 Å². The summed E-state index contributed by atoms with van der Waals surface area (Å²) < 4.78 is 0.578. The molecule has 3 aromatic carbocycles. The number of carboxylic acids is 1. The third kappa shape index (κ3) is 6.56. The van der Waals surface area contributed by atoms with Gasteiger partial charge in [0.15, 0.2) is 5.78 Å². The third-order valence-electron chi connectivity index (χ3n) is 5.74. The number of thioether (sulfide) groups is 1. The van der Waals surface area contributed by atoms with Crippen LogP contribution in [0, 0.1) is 6.92 Å². The van der Waals surface area contributed by atoms with Gasteiger partial charge in [-0.25, -0.2) is 4.79 Å². The number of hydrogen-bond donors (Lipinski definition) is 1. The summed E-state index contributed by atoms with van der Waals surface area (Å²) in [4.78, 5) is 27.1. The van der Waals surface area contributed by atoms with Gasteiger partial charge >= 0.3 is 5.97 Å². The van der Waals surface area contributed by atoms with Crippen molar-refractivity contribution in [2.75, 3.05) is 6.54 Å². The van der Waals surface area contributed by atoms with Crippen LogP contribution in [-0.2, 0) is 11.2 Å². The average Bonchev–Trinajstić information content (AvgIpc) is 3.22. The molecule has 0 saturated carbocycles. The highest BCUT2D eigenvalue weighted by atomic mass is 32.2. The third-order valence-corrected chi connectivity index (χ3v) is 7.14. The number of aryl methyl sites for hydroxylation is 1. The predicted octanol–water partition coefficient (Wildman–Crippen LogP) is 6.26. The van der Waals surface area contributed by atoms with Gasteiger partial charge in [0.25, 0.3) is 0 Å². The van der Waals surface area contributed by atoms with Crippen molar-refractivity contribution in [2.24, 2.45) is 0 Å². The van der Waals surface area contributed by atoms with Crippen LogP contribution in [0.1, 0.15) is 32.6 Å². The van der Waals surface area contributed by atoms with Crippen molar-refractivity contribution >= 4 is 52.2 Å². The zero-order valence-electron chi connectivity index (χ0n) is 19.3. The van der Waals surface area contributed by atoms with Crippen molar-refractivity contribution in [2.45, 2.75) is 19.4 Å². The molecule has 0 aliphatic carbocycles. The van der Waals surface area contributed by atoms with Gasteiger partial charge in [-0.2, -0.15) is 0 Å². The van der Waals surface area contributed by atoms with Crippen molar-refractivity contribution in [3.8, 4) is 0 Å². The summed E-state index contributed by atoms with van der Waals surface area (Å²) in [6.45, 7) is 2.46. The Morgan fingerprint density at radius 1 is 1.00 bits per heavy atom. The minimum Gasteiger partial charge on any atom is -0.480 e. The lowest BCUT2D eigenvalue weighted by Gasteiger charge is -2.25. The summed E-state index contributed by atoms with van der Waals surface area (Å²) in [6.07, 6.45) is 5.82. The summed E-state index contributed by atoms with van der Waals surface area (Å²) >= 11 is 6.95. The highest BCUT2D eigenvalue weighted by Gasteiger charge is 2.33. The van der Waals surface area contributed by atoms with Crippen LogP contribution < -0.4 is 0 Å². The van der Waals surface area contributed by atoms with Crippen LogP contribution in [0.4, 0.5) is 0 Å². The Morgan fingerprint density at radius 2 is 1.66 bits per heavy atom. The number of thiocarbonyl (C=S) groups is 1. The molecule has 0 spiro atoms. The van der Waals surface area contributed by atoms with E-state index in [1.54, 1.807) is 17.1 Å². The van der Waals surface area contributed by atoms with Crippen molar-refractivity contribution in [1.82, 2.24) is 4.90 Å². The predicted molar refractivity (Wildman–Crippen MR) is 147 cm³/mol. The second-order valence-electron chi connectivity index (χ2n) is 8.38. The summed E-state index contributed by atoms with van der Waals surface area (Å²) in [5.74, 6) is -0.912. The molecular weight excluding hydrogens is 474 g/mol. The van der Waals surface area contributed by atoms with Crippen LogP contribution in [0.25, 0.3) is 12.2 Å². The monoisotopic (exact) mass is 499 g/mol. The number of carbonyl (C=O) groups excluding carboxylic acids is 1. The Bertz CT molecular complexity index is 1280. The summed E-state index contributed by atoms with van der Waals surface area (Å²) in [6, 6.07) is 24.3. The lowest BCUT2D eigenvalue weighted by Crippen LogP contribution is -2.42. The van der Waals surface area contributed by atoms with E-state index in [4.69, 9.17) is 12.2 Å². The van der Waals surface area contributed by atoms with Gasteiger partial charge in [-0.3, -0.25) is 4.79 Å². The van der Waals surface area contributed by atoms with E-state index < -0.39 is 12.0 Å². The van der Waals surface area contributed by atoms with Crippen molar-refractivity contribution in [1.29, 1.82) is 0 Å². The number of carbonyl (C=O) groups is 2. The van der Waals surface area contributed by atoms with E-state index in [9.17, 15) is 14.7 Å². The molecule has 4 nitrogen and oxygen atoms in total. The van der Waals surface area contributed by atoms with Gasteiger partial charge < -0.3 is 10.0 Å². The normalized spacial score (nSPS) is 15.6. The van der Waals surface area contributed by atoms with E-state index in [-0.39, 0.29) is 5.78 Å². The van der Waals surface area contributed by atoms with Crippen LogP contribution in [0.5, 0.6) is 0 Å². The van der Waals surface area contributed by atoms with Crippen LogP contribution in [0.2, 0.25) is 0 Å². The number of benzene rings is 3. The first-order valence-electron chi connectivity index (χ1n) is 11.2. The van der Waals surface area contributed by atoms with Crippen LogP contribution >= 0.6 is 24.0 Å². The lowest BCUT2D eigenvalue weighted by molar-refractivity contribution is -0.141. The standard InChI is InChI=1S/C29H25NO3S2/c1-20-7-14-24(15-8-20)27(31)16-13-21-9-11-23(12-10-21)17-25-19-30(29(34)35-25)26(28(32)33)18-22-5-3-2-4-6-22/h2-17,26H,18-19H2,1H3,(H,32,33)/b16-13+,25-17-/t26-/m0/s1. The number of rotatable bonds is 8. The van der Waals surface area contributed by atoms with Gasteiger partial charge in [0.2, 0.25) is 0 Å². The Hall–Kier alpha value is -3.48. The second-order valence-corrected chi connectivity index (χ2v) is 10.1. The van der Waals surface area contributed by atoms with Crippen molar-refractivity contribution in [3.63, 3.8) is 0 Å². The van der Waals surface area contributed by atoms with Crippen molar-refractivity contribution in [3.05, 3.63) is 118 Å². The van der Waals surface area contributed by atoms with Crippen molar-refractivity contribution < 1.29 is 14.7 Å². The Balaban J connectivity index is 1.41. The fourth-order valence-corrected chi connectivity index (χ4v) is 5.24. The van der Waals surface area contributed by atoms with Gasteiger partial charge in [-0.1, -0.05) is 114 Å². The molecule has 1 N–H and O–H groups in total. The highest BCUT2D eigenvalue weighted by Crippen LogP contribution is 2.33. The average molecular weight is 500 g/mol. The molecule has 0 radical (unpaired) electrons. The number of nitrogens with zero attached hydrogens (tertiary/aromatic N) is 1. The first-order valence-corrected chi connectivity index (χ1v) is 12.5. The number of carboxylic acid groups (broad SMARTS) is 1. The Kier molecular flexibility index (Phi) is 7.95.